The second kappa shape index (κ2) is 8.10. The number of rotatable bonds is 5. The normalized spacial score (nSPS) is 15.5. The SMILES string of the molecule is CC(C)(C(=O)N1CCN(Cc2ccc(C(N)=O)cc2)CC1)c1ccc(F)cc1. The van der Waals surface area contributed by atoms with Crippen molar-refractivity contribution in [2.24, 2.45) is 5.73 Å². The predicted molar refractivity (Wildman–Crippen MR) is 106 cm³/mol. The first-order valence-electron chi connectivity index (χ1n) is 9.44. The molecule has 0 aromatic heterocycles. The maximum Gasteiger partial charge on any atom is 0.248 e. The van der Waals surface area contributed by atoms with E-state index < -0.39 is 11.3 Å². The molecular formula is C22H26FN3O2. The highest BCUT2D eigenvalue weighted by atomic mass is 19.1. The van der Waals surface area contributed by atoms with E-state index in [2.05, 4.69) is 4.90 Å². The first kappa shape index (κ1) is 20.0. The molecule has 28 heavy (non-hydrogen) atoms. The van der Waals surface area contributed by atoms with Gasteiger partial charge in [0, 0.05) is 38.3 Å². The molecule has 0 unspecified atom stereocenters. The lowest BCUT2D eigenvalue weighted by Crippen LogP contribution is -2.52. The summed E-state index contributed by atoms with van der Waals surface area (Å²) in [6, 6.07) is 13.5. The van der Waals surface area contributed by atoms with Crippen molar-refractivity contribution >= 4 is 11.8 Å². The van der Waals surface area contributed by atoms with Gasteiger partial charge in [0.2, 0.25) is 11.8 Å². The molecule has 0 radical (unpaired) electrons. The van der Waals surface area contributed by atoms with Crippen LogP contribution >= 0.6 is 0 Å². The van der Waals surface area contributed by atoms with Crippen LogP contribution in [-0.4, -0.2) is 47.8 Å². The van der Waals surface area contributed by atoms with Crippen molar-refractivity contribution in [2.75, 3.05) is 26.2 Å². The molecule has 148 valence electrons. The number of piperazine rings is 1. The smallest absolute Gasteiger partial charge is 0.248 e. The summed E-state index contributed by atoms with van der Waals surface area (Å²) >= 11 is 0. The third-order valence-electron chi connectivity index (χ3n) is 5.40. The van der Waals surface area contributed by atoms with Crippen LogP contribution in [0.2, 0.25) is 0 Å². The van der Waals surface area contributed by atoms with Crippen LogP contribution in [0.15, 0.2) is 48.5 Å². The fraction of sp³-hybridized carbons (Fsp3) is 0.364. The first-order valence-corrected chi connectivity index (χ1v) is 9.44. The van der Waals surface area contributed by atoms with Crippen LogP contribution in [0.25, 0.3) is 0 Å². The standard InChI is InChI=1S/C22H26FN3O2/c1-22(2,18-7-9-19(23)10-8-18)21(28)26-13-11-25(12-14-26)15-16-3-5-17(6-4-16)20(24)27/h3-10H,11-15H2,1-2H3,(H2,24,27). The lowest BCUT2D eigenvalue weighted by molar-refractivity contribution is -0.138. The molecule has 1 aliphatic heterocycles. The molecule has 6 heteroatoms. The van der Waals surface area contributed by atoms with Crippen LogP contribution in [0.3, 0.4) is 0 Å². The molecule has 1 fully saturated rings. The Balaban J connectivity index is 1.57. The minimum absolute atomic E-state index is 0.0598. The molecular weight excluding hydrogens is 357 g/mol. The number of carbonyl (C=O) groups excluding carboxylic acids is 2. The van der Waals surface area contributed by atoms with E-state index in [0.717, 1.165) is 30.8 Å². The Morgan fingerprint density at radius 1 is 0.964 bits per heavy atom. The zero-order valence-corrected chi connectivity index (χ0v) is 16.3. The summed E-state index contributed by atoms with van der Waals surface area (Å²) in [5.41, 5.74) is 7.00. The van der Waals surface area contributed by atoms with E-state index in [0.29, 0.717) is 18.7 Å². The molecule has 1 heterocycles. The molecule has 1 saturated heterocycles. The second-order valence-corrected chi connectivity index (χ2v) is 7.76. The molecule has 0 saturated carbocycles. The minimum atomic E-state index is -0.694. The lowest BCUT2D eigenvalue weighted by Gasteiger charge is -2.38. The minimum Gasteiger partial charge on any atom is -0.366 e. The van der Waals surface area contributed by atoms with Crippen molar-refractivity contribution in [1.82, 2.24) is 9.80 Å². The van der Waals surface area contributed by atoms with E-state index in [-0.39, 0.29) is 11.7 Å². The van der Waals surface area contributed by atoms with Gasteiger partial charge in [-0.2, -0.15) is 0 Å². The maximum atomic E-state index is 13.2. The summed E-state index contributed by atoms with van der Waals surface area (Å²) in [6.45, 7) is 7.41. The van der Waals surface area contributed by atoms with Gasteiger partial charge in [-0.05, 0) is 49.2 Å². The second-order valence-electron chi connectivity index (χ2n) is 7.76. The first-order chi connectivity index (χ1) is 13.3. The van der Waals surface area contributed by atoms with Gasteiger partial charge in [0.25, 0.3) is 0 Å². The highest BCUT2D eigenvalue weighted by Gasteiger charge is 2.35. The van der Waals surface area contributed by atoms with Crippen LogP contribution in [0.1, 0.15) is 35.3 Å². The van der Waals surface area contributed by atoms with Crippen molar-refractivity contribution in [3.05, 3.63) is 71.0 Å². The fourth-order valence-corrected chi connectivity index (χ4v) is 3.53. The van der Waals surface area contributed by atoms with Crippen molar-refractivity contribution < 1.29 is 14.0 Å². The van der Waals surface area contributed by atoms with E-state index >= 15 is 0 Å². The number of primary amides is 1. The lowest BCUT2D eigenvalue weighted by atomic mass is 9.83. The van der Waals surface area contributed by atoms with Crippen molar-refractivity contribution in [1.29, 1.82) is 0 Å². The van der Waals surface area contributed by atoms with E-state index in [1.807, 2.05) is 30.9 Å². The van der Waals surface area contributed by atoms with Gasteiger partial charge in [-0.1, -0.05) is 24.3 Å². The third-order valence-corrected chi connectivity index (χ3v) is 5.40. The molecule has 5 nitrogen and oxygen atoms in total. The molecule has 2 aromatic rings. The monoisotopic (exact) mass is 383 g/mol. The highest BCUT2D eigenvalue weighted by molar-refractivity contribution is 5.92. The van der Waals surface area contributed by atoms with Crippen molar-refractivity contribution in [3.63, 3.8) is 0 Å². The van der Waals surface area contributed by atoms with Crippen LogP contribution in [0.5, 0.6) is 0 Å². The summed E-state index contributed by atoms with van der Waals surface area (Å²) in [5, 5.41) is 0. The Hall–Kier alpha value is -2.73. The van der Waals surface area contributed by atoms with Gasteiger partial charge in [-0.3, -0.25) is 14.5 Å². The van der Waals surface area contributed by atoms with Gasteiger partial charge < -0.3 is 10.6 Å². The zero-order valence-electron chi connectivity index (χ0n) is 16.3. The average Bonchev–Trinajstić information content (AvgIpc) is 2.69. The Morgan fingerprint density at radius 3 is 2.07 bits per heavy atom. The van der Waals surface area contributed by atoms with E-state index in [9.17, 15) is 14.0 Å². The fourth-order valence-electron chi connectivity index (χ4n) is 3.53. The maximum absolute atomic E-state index is 13.2. The van der Waals surface area contributed by atoms with Gasteiger partial charge in [0.05, 0.1) is 5.41 Å². The summed E-state index contributed by atoms with van der Waals surface area (Å²) in [5.74, 6) is -0.670. The number of nitrogens with zero attached hydrogens (tertiary/aromatic N) is 2. The Labute approximate surface area is 164 Å². The average molecular weight is 383 g/mol. The number of hydrogen-bond donors (Lipinski definition) is 1. The van der Waals surface area contributed by atoms with Crippen LogP contribution < -0.4 is 5.73 Å². The van der Waals surface area contributed by atoms with E-state index in [4.69, 9.17) is 5.73 Å². The molecule has 0 aliphatic carbocycles. The molecule has 0 atom stereocenters. The van der Waals surface area contributed by atoms with Crippen LogP contribution in [-0.2, 0) is 16.8 Å². The largest absolute Gasteiger partial charge is 0.366 e. The summed E-state index contributed by atoms with van der Waals surface area (Å²) in [4.78, 5) is 28.4. The number of hydrogen-bond acceptors (Lipinski definition) is 3. The molecule has 2 amide bonds. The van der Waals surface area contributed by atoms with Gasteiger partial charge in [0.15, 0.2) is 0 Å². The summed E-state index contributed by atoms with van der Waals surface area (Å²) < 4.78 is 13.2. The van der Waals surface area contributed by atoms with Crippen LogP contribution in [0, 0.1) is 5.82 Å². The van der Waals surface area contributed by atoms with Crippen molar-refractivity contribution in [2.45, 2.75) is 25.8 Å². The predicted octanol–water partition coefficient (Wildman–Crippen LogP) is 2.55. The van der Waals surface area contributed by atoms with Gasteiger partial charge >= 0.3 is 0 Å². The summed E-state index contributed by atoms with van der Waals surface area (Å²) in [7, 11) is 0. The van der Waals surface area contributed by atoms with Crippen molar-refractivity contribution in [3.8, 4) is 0 Å². The number of halogens is 1. The van der Waals surface area contributed by atoms with Gasteiger partial charge in [-0.25, -0.2) is 4.39 Å². The molecule has 2 N–H and O–H groups in total. The number of carbonyl (C=O) groups is 2. The van der Waals surface area contributed by atoms with E-state index in [1.54, 1.807) is 24.3 Å². The number of nitrogens with two attached hydrogens (primary N) is 1. The Kier molecular flexibility index (Phi) is 5.79. The highest BCUT2D eigenvalue weighted by Crippen LogP contribution is 2.26. The zero-order chi connectivity index (χ0) is 20.3. The molecule has 0 bridgehead atoms. The third kappa shape index (κ3) is 4.39. The number of benzene rings is 2. The Bertz CT molecular complexity index is 839. The molecule has 3 rings (SSSR count). The molecule has 1 aliphatic rings. The van der Waals surface area contributed by atoms with E-state index in [1.165, 1.54) is 12.1 Å². The van der Waals surface area contributed by atoms with Gasteiger partial charge in [-0.15, -0.1) is 0 Å². The summed E-state index contributed by atoms with van der Waals surface area (Å²) in [6.07, 6.45) is 0. The molecule has 2 aromatic carbocycles. The van der Waals surface area contributed by atoms with Gasteiger partial charge in [0.1, 0.15) is 5.82 Å². The Morgan fingerprint density at radius 2 is 1.54 bits per heavy atom. The van der Waals surface area contributed by atoms with Crippen LogP contribution in [0.4, 0.5) is 4.39 Å². The quantitative estimate of drug-likeness (QED) is 0.863. The molecule has 0 spiro atoms. The number of amides is 2. The topological polar surface area (TPSA) is 66.6 Å².